The van der Waals surface area contributed by atoms with Gasteiger partial charge in [0.1, 0.15) is 5.76 Å². The third-order valence-corrected chi connectivity index (χ3v) is 3.31. The Hall–Kier alpha value is -1.55. The second-order valence-corrected chi connectivity index (χ2v) is 4.70. The molecule has 2 heterocycles. The van der Waals surface area contributed by atoms with Gasteiger partial charge in [0.2, 0.25) is 0 Å². The molecule has 1 unspecified atom stereocenters. The number of rotatable bonds is 8. The molecule has 0 saturated carbocycles. The van der Waals surface area contributed by atoms with Crippen molar-refractivity contribution in [1.29, 1.82) is 0 Å². The first kappa shape index (κ1) is 13.9. The predicted molar refractivity (Wildman–Crippen MR) is 76.0 cm³/mol. The van der Waals surface area contributed by atoms with E-state index >= 15 is 0 Å². The Morgan fingerprint density at radius 3 is 2.95 bits per heavy atom. The van der Waals surface area contributed by atoms with Crippen LogP contribution < -0.4 is 5.32 Å². The molecule has 0 aliphatic heterocycles. The average Bonchev–Trinajstić information content (AvgIpc) is 3.09. The highest BCUT2D eigenvalue weighted by atomic mass is 16.3. The fraction of sp³-hybridized carbons (Fsp3) is 0.533. The van der Waals surface area contributed by atoms with Gasteiger partial charge in [0.15, 0.2) is 0 Å². The van der Waals surface area contributed by atoms with Crippen LogP contribution in [-0.2, 0) is 13.0 Å². The zero-order valence-electron chi connectivity index (χ0n) is 11.8. The van der Waals surface area contributed by atoms with Crippen LogP contribution in [0, 0.1) is 0 Å². The number of nitrogens with one attached hydrogen (secondary N) is 1. The summed E-state index contributed by atoms with van der Waals surface area (Å²) in [7, 11) is 0. The summed E-state index contributed by atoms with van der Waals surface area (Å²) in [5.41, 5.74) is 1.27. The fourth-order valence-corrected chi connectivity index (χ4v) is 2.32. The van der Waals surface area contributed by atoms with Crippen LogP contribution >= 0.6 is 0 Å². The second kappa shape index (κ2) is 7.14. The van der Waals surface area contributed by atoms with Crippen LogP contribution in [0.2, 0.25) is 0 Å². The number of aryl methyl sites for hydroxylation is 2. The van der Waals surface area contributed by atoms with Crippen molar-refractivity contribution in [2.24, 2.45) is 0 Å². The van der Waals surface area contributed by atoms with Crippen LogP contribution in [-0.4, -0.2) is 16.3 Å². The van der Waals surface area contributed by atoms with Gasteiger partial charge in [-0.25, -0.2) is 0 Å². The molecule has 0 aromatic carbocycles. The molecule has 2 aromatic rings. The first-order chi connectivity index (χ1) is 9.35. The lowest BCUT2D eigenvalue weighted by atomic mass is 10.1. The third kappa shape index (κ3) is 3.70. The Morgan fingerprint density at radius 2 is 2.26 bits per heavy atom. The molecule has 4 nitrogen and oxygen atoms in total. The molecule has 0 fully saturated rings. The summed E-state index contributed by atoms with van der Waals surface area (Å²) >= 11 is 0. The zero-order valence-corrected chi connectivity index (χ0v) is 11.8. The van der Waals surface area contributed by atoms with E-state index in [0.717, 1.165) is 38.1 Å². The summed E-state index contributed by atoms with van der Waals surface area (Å²) in [6, 6.07) is 6.43. The molecule has 0 bridgehead atoms. The molecular weight excluding hydrogens is 238 g/mol. The van der Waals surface area contributed by atoms with Crippen LogP contribution in [0.5, 0.6) is 0 Å². The molecular formula is C15H23N3O. The Labute approximate surface area is 114 Å². The van der Waals surface area contributed by atoms with E-state index in [2.05, 4.69) is 35.0 Å². The van der Waals surface area contributed by atoms with Gasteiger partial charge in [-0.3, -0.25) is 4.68 Å². The van der Waals surface area contributed by atoms with E-state index in [0.29, 0.717) is 6.04 Å². The lowest BCUT2D eigenvalue weighted by Gasteiger charge is -2.19. The number of nitrogens with zero attached hydrogens (tertiary/aromatic N) is 2. The Morgan fingerprint density at radius 1 is 1.37 bits per heavy atom. The lowest BCUT2D eigenvalue weighted by Crippen LogP contribution is -2.25. The van der Waals surface area contributed by atoms with Crippen LogP contribution in [0.25, 0.3) is 0 Å². The highest BCUT2D eigenvalue weighted by Gasteiger charge is 2.15. The molecule has 2 aromatic heterocycles. The molecule has 1 N–H and O–H groups in total. The Balaban J connectivity index is 2.02. The lowest BCUT2D eigenvalue weighted by molar-refractivity contribution is 0.430. The van der Waals surface area contributed by atoms with Crippen molar-refractivity contribution in [3.8, 4) is 0 Å². The van der Waals surface area contributed by atoms with Gasteiger partial charge in [-0.1, -0.05) is 6.92 Å². The molecule has 4 heteroatoms. The first-order valence-electron chi connectivity index (χ1n) is 7.12. The van der Waals surface area contributed by atoms with E-state index in [-0.39, 0.29) is 0 Å². The van der Waals surface area contributed by atoms with Crippen LogP contribution in [0.3, 0.4) is 0 Å². The Bertz CT molecular complexity index is 461. The summed E-state index contributed by atoms with van der Waals surface area (Å²) < 4.78 is 7.48. The maximum absolute atomic E-state index is 5.41. The zero-order chi connectivity index (χ0) is 13.5. The standard InChI is InChI=1S/C15H23N3O/c1-3-10-16-14(8-7-13-6-5-12-19-13)15-9-11-17-18(15)4-2/h5-6,9,11-12,14,16H,3-4,7-8,10H2,1-2H3. The minimum Gasteiger partial charge on any atom is -0.469 e. The van der Waals surface area contributed by atoms with Gasteiger partial charge in [-0.2, -0.15) is 5.10 Å². The molecule has 0 aliphatic rings. The maximum atomic E-state index is 5.41. The van der Waals surface area contributed by atoms with Crippen LogP contribution in [0.1, 0.15) is 44.2 Å². The summed E-state index contributed by atoms with van der Waals surface area (Å²) in [6.07, 6.45) is 6.73. The fourth-order valence-electron chi connectivity index (χ4n) is 2.32. The normalized spacial score (nSPS) is 12.7. The molecule has 0 saturated heterocycles. The van der Waals surface area contributed by atoms with Crippen molar-refractivity contribution in [3.63, 3.8) is 0 Å². The molecule has 1 atom stereocenters. The van der Waals surface area contributed by atoms with E-state index in [4.69, 9.17) is 4.42 Å². The van der Waals surface area contributed by atoms with Gasteiger partial charge < -0.3 is 9.73 Å². The van der Waals surface area contributed by atoms with Gasteiger partial charge >= 0.3 is 0 Å². The van der Waals surface area contributed by atoms with Gasteiger partial charge in [0.25, 0.3) is 0 Å². The quantitative estimate of drug-likeness (QED) is 0.793. The number of hydrogen-bond donors (Lipinski definition) is 1. The molecule has 0 aliphatic carbocycles. The van der Waals surface area contributed by atoms with Crippen molar-refractivity contribution in [2.75, 3.05) is 6.54 Å². The van der Waals surface area contributed by atoms with Crippen molar-refractivity contribution < 1.29 is 4.42 Å². The van der Waals surface area contributed by atoms with Gasteiger partial charge in [0.05, 0.1) is 12.0 Å². The third-order valence-electron chi connectivity index (χ3n) is 3.31. The largest absolute Gasteiger partial charge is 0.469 e. The molecule has 0 radical (unpaired) electrons. The van der Waals surface area contributed by atoms with E-state index in [1.807, 2.05) is 18.3 Å². The molecule has 2 rings (SSSR count). The van der Waals surface area contributed by atoms with Crippen molar-refractivity contribution >= 4 is 0 Å². The van der Waals surface area contributed by atoms with Gasteiger partial charge in [-0.05, 0) is 44.5 Å². The van der Waals surface area contributed by atoms with Crippen molar-refractivity contribution in [1.82, 2.24) is 15.1 Å². The molecule has 19 heavy (non-hydrogen) atoms. The predicted octanol–water partition coefficient (Wildman–Crippen LogP) is 3.17. The number of furan rings is 1. The monoisotopic (exact) mass is 261 g/mol. The molecule has 0 spiro atoms. The number of aromatic nitrogens is 2. The molecule has 0 amide bonds. The van der Waals surface area contributed by atoms with Gasteiger partial charge in [-0.15, -0.1) is 0 Å². The smallest absolute Gasteiger partial charge is 0.103 e. The summed E-state index contributed by atoms with van der Waals surface area (Å²) in [5.74, 6) is 1.05. The molecule has 104 valence electrons. The summed E-state index contributed by atoms with van der Waals surface area (Å²) in [4.78, 5) is 0. The van der Waals surface area contributed by atoms with E-state index in [1.165, 1.54) is 5.69 Å². The number of hydrogen-bond acceptors (Lipinski definition) is 3. The minimum atomic E-state index is 0.340. The summed E-state index contributed by atoms with van der Waals surface area (Å²) in [5, 5.41) is 7.97. The second-order valence-electron chi connectivity index (χ2n) is 4.70. The van der Waals surface area contributed by atoms with E-state index in [1.54, 1.807) is 6.26 Å². The minimum absolute atomic E-state index is 0.340. The van der Waals surface area contributed by atoms with E-state index < -0.39 is 0 Å². The first-order valence-corrected chi connectivity index (χ1v) is 7.12. The van der Waals surface area contributed by atoms with Crippen molar-refractivity contribution in [2.45, 2.75) is 45.7 Å². The maximum Gasteiger partial charge on any atom is 0.103 e. The SMILES string of the molecule is CCCNC(CCc1ccco1)c1ccnn1CC. The topological polar surface area (TPSA) is 43.0 Å². The highest BCUT2D eigenvalue weighted by molar-refractivity contribution is 5.08. The van der Waals surface area contributed by atoms with Crippen LogP contribution in [0.4, 0.5) is 0 Å². The summed E-state index contributed by atoms with van der Waals surface area (Å²) in [6.45, 7) is 6.25. The van der Waals surface area contributed by atoms with Crippen LogP contribution in [0.15, 0.2) is 35.1 Å². The highest BCUT2D eigenvalue weighted by Crippen LogP contribution is 2.19. The average molecular weight is 261 g/mol. The Kier molecular flexibility index (Phi) is 5.21. The van der Waals surface area contributed by atoms with E-state index in [9.17, 15) is 0 Å². The van der Waals surface area contributed by atoms with Gasteiger partial charge in [0, 0.05) is 25.2 Å². The van der Waals surface area contributed by atoms with Crippen molar-refractivity contribution in [3.05, 3.63) is 42.1 Å².